The highest BCUT2D eigenvalue weighted by Crippen LogP contribution is 2.32. The van der Waals surface area contributed by atoms with Gasteiger partial charge >= 0.3 is 12.1 Å². The summed E-state index contributed by atoms with van der Waals surface area (Å²) in [6.45, 7) is 5.49. The lowest BCUT2D eigenvalue weighted by atomic mass is 10.0. The first-order chi connectivity index (χ1) is 13.7. The first-order valence-corrected chi connectivity index (χ1v) is 9.71. The number of nitrogens with one attached hydrogen (secondary N) is 1. The topological polar surface area (TPSA) is 91.6 Å². The van der Waals surface area contributed by atoms with Crippen LogP contribution in [0.5, 0.6) is 0 Å². The molecule has 1 heterocycles. The van der Waals surface area contributed by atoms with Gasteiger partial charge in [-0.3, -0.25) is 14.4 Å². The Balaban J connectivity index is 3.41. The maximum atomic E-state index is 13.5. The quantitative estimate of drug-likeness (QED) is 0.592. The van der Waals surface area contributed by atoms with E-state index in [1.54, 1.807) is 19.0 Å². The maximum absolute atomic E-state index is 13.5. The Labute approximate surface area is 173 Å². The van der Waals surface area contributed by atoms with Gasteiger partial charge in [0.1, 0.15) is 6.04 Å². The van der Waals surface area contributed by atoms with Gasteiger partial charge in [0.25, 0.3) is 5.56 Å². The molecule has 0 saturated carbocycles. The summed E-state index contributed by atoms with van der Waals surface area (Å²) in [6, 6.07) is -1.20. The first-order valence-electron chi connectivity index (χ1n) is 9.71. The number of likely N-dealkylation sites (N-methyl/N-ethyl adjacent to an activating group) is 1. The zero-order valence-corrected chi connectivity index (χ0v) is 17.9. The van der Waals surface area contributed by atoms with Crippen LogP contribution in [0.1, 0.15) is 50.8 Å². The van der Waals surface area contributed by atoms with E-state index in [4.69, 9.17) is 5.11 Å². The van der Waals surface area contributed by atoms with Crippen molar-refractivity contribution in [1.82, 2.24) is 14.8 Å². The number of pyridine rings is 1. The minimum atomic E-state index is -4.69. The lowest BCUT2D eigenvalue weighted by Gasteiger charge is -2.25. The molecular formula is C20H30F3N3O4. The number of alkyl halides is 3. The fraction of sp³-hybridized carbons (Fsp3) is 0.650. The molecule has 0 aliphatic carbocycles. The Morgan fingerprint density at radius 2 is 1.83 bits per heavy atom. The van der Waals surface area contributed by atoms with Crippen molar-refractivity contribution in [2.75, 3.05) is 20.6 Å². The zero-order valence-electron chi connectivity index (χ0n) is 17.9. The Bertz CT molecular complexity index is 803. The van der Waals surface area contributed by atoms with E-state index in [1.807, 2.05) is 13.8 Å². The Morgan fingerprint density at radius 1 is 1.23 bits per heavy atom. The zero-order chi connectivity index (χ0) is 23.2. The predicted octanol–water partition coefficient (Wildman–Crippen LogP) is 2.54. The van der Waals surface area contributed by atoms with Gasteiger partial charge in [-0.15, -0.1) is 0 Å². The van der Waals surface area contributed by atoms with Crippen molar-refractivity contribution in [2.24, 2.45) is 5.92 Å². The Morgan fingerprint density at radius 3 is 2.30 bits per heavy atom. The highest BCUT2D eigenvalue weighted by Gasteiger charge is 2.35. The standard InChI is InChI=1S/C20H30F3N3O4/c1-12(2)8-16(19(30)24-13(3)9-18(28)29)26-11-14(6-7-25(4)5)15(10-17(26)27)20(21,22)23/h10-13,16H,6-9H2,1-5H3,(H,24,30)(H,28,29)/t13-,16?/m1/s1. The number of hydrogen-bond acceptors (Lipinski definition) is 4. The van der Waals surface area contributed by atoms with Crippen LogP contribution in [0.15, 0.2) is 17.1 Å². The molecule has 0 aliphatic rings. The van der Waals surface area contributed by atoms with Crippen molar-refractivity contribution in [3.63, 3.8) is 0 Å². The number of amides is 1. The molecule has 30 heavy (non-hydrogen) atoms. The molecule has 170 valence electrons. The fourth-order valence-corrected chi connectivity index (χ4v) is 3.09. The van der Waals surface area contributed by atoms with Crippen molar-refractivity contribution in [1.29, 1.82) is 0 Å². The first kappa shape index (κ1) is 25.7. The van der Waals surface area contributed by atoms with Gasteiger partial charge in [-0.1, -0.05) is 13.8 Å². The molecule has 0 aromatic carbocycles. The second-order valence-corrected chi connectivity index (χ2v) is 8.16. The molecule has 0 bridgehead atoms. The molecule has 1 rings (SSSR count). The number of nitrogens with zero attached hydrogens (tertiary/aromatic N) is 2. The summed E-state index contributed by atoms with van der Waals surface area (Å²) in [6.07, 6.45) is -3.62. The molecular weight excluding hydrogens is 403 g/mol. The van der Waals surface area contributed by atoms with E-state index >= 15 is 0 Å². The molecule has 7 nitrogen and oxygen atoms in total. The van der Waals surface area contributed by atoms with Crippen LogP contribution in [0, 0.1) is 5.92 Å². The third-order valence-electron chi connectivity index (χ3n) is 4.50. The largest absolute Gasteiger partial charge is 0.481 e. The highest BCUT2D eigenvalue weighted by atomic mass is 19.4. The van der Waals surface area contributed by atoms with Gasteiger partial charge in [0.2, 0.25) is 5.91 Å². The summed E-state index contributed by atoms with van der Waals surface area (Å²) in [5, 5.41) is 11.4. The maximum Gasteiger partial charge on any atom is 0.416 e. The Hall–Kier alpha value is -2.36. The molecule has 1 aromatic rings. The van der Waals surface area contributed by atoms with Gasteiger partial charge in [0, 0.05) is 24.8 Å². The van der Waals surface area contributed by atoms with E-state index in [0.29, 0.717) is 12.6 Å². The normalized spacial score (nSPS) is 14.1. The molecule has 0 spiro atoms. The van der Waals surface area contributed by atoms with Crippen LogP contribution >= 0.6 is 0 Å². The monoisotopic (exact) mass is 433 g/mol. The number of aromatic nitrogens is 1. The van der Waals surface area contributed by atoms with Crippen molar-refractivity contribution < 1.29 is 27.9 Å². The summed E-state index contributed by atoms with van der Waals surface area (Å²) < 4.78 is 41.4. The molecule has 10 heteroatoms. The number of carboxylic acid groups (broad SMARTS) is 1. The van der Waals surface area contributed by atoms with Crippen LogP contribution in [0.2, 0.25) is 0 Å². The van der Waals surface area contributed by atoms with E-state index in [0.717, 1.165) is 10.8 Å². The Kier molecular flexibility index (Phi) is 9.08. The molecule has 1 unspecified atom stereocenters. The average Bonchev–Trinajstić information content (AvgIpc) is 2.56. The molecule has 0 fully saturated rings. The van der Waals surface area contributed by atoms with Crippen LogP contribution in [-0.4, -0.2) is 53.1 Å². The third-order valence-corrected chi connectivity index (χ3v) is 4.50. The average molecular weight is 433 g/mol. The second kappa shape index (κ2) is 10.6. The summed E-state index contributed by atoms with van der Waals surface area (Å²) >= 11 is 0. The van der Waals surface area contributed by atoms with Crippen molar-refractivity contribution >= 4 is 11.9 Å². The third kappa shape index (κ3) is 7.81. The molecule has 1 amide bonds. The van der Waals surface area contributed by atoms with Crippen LogP contribution in [0.3, 0.4) is 0 Å². The van der Waals surface area contributed by atoms with E-state index in [-0.39, 0.29) is 30.7 Å². The number of aliphatic carboxylic acids is 1. The fourth-order valence-electron chi connectivity index (χ4n) is 3.09. The SMILES string of the molecule is CC(C)CC(C(=O)N[C@H](C)CC(=O)O)n1cc(CCN(C)C)c(C(F)(F)F)cc1=O. The number of carbonyl (C=O) groups excluding carboxylic acids is 1. The van der Waals surface area contributed by atoms with Gasteiger partial charge < -0.3 is 19.9 Å². The van der Waals surface area contributed by atoms with Gasteiger partial charge in [0.15, 0.2) is 0 Å². The molecule has 0 saturated heterocycles. The van der Waals surface area contributed by atoms with Crippen LogP contribution < -0.4 is 10.9 Å². The van der Waals surface area contributed by atoms with E-state index in [2.05, 4.69) is 5.32 Å². The van der Waals surface area contributed by atoms with Crippen LogP contribution in [-0.2, 0) is 22.2 Å². The minimum absolute atomic E-state index is 0.0325. The number of rotatable bonds is 10. The van der Waals surface area contributed by atoms with Gasteiger partial charge in [-0.2, -0.15) is 13.2 Å². The van der Waals surface area contributed by atoms with Crippen molar-refractivity contribution in [3.8, 4) is 0 Å². The highest BCUT2D eigenvalue weighted by molar-refractivity contribution is 5.81. The number of halogens is 3. The van der Waals surface area contributed by atoms with E-state index < -0.39 is 41.3 Å². The number of hydrogen-bond donors (Lipinski definition) is 2. The van der Waals surface area contributed by atoms with Crippen LogP contribution in [0.25, 0.3) is 0 Å². The lowest BCUT2D eigenvalue weighted by molar-refractivity contribution is -0.139. The summed E-state index contributed by atoms with van der Waals surface area (Å²) in [5.41, 5.74) is -2.01. The van der Waals surface area contributed by atoms with Gasteiger partial charge in [-0.25, -0.2) is 0 Å². The predicted molar refractivity (Wildman–Crippen MR) is 106 cm³/mol. The summed E-state index contributed by atoms with van der Waals surface area (Å²) in [7, 11) is 3.45. The number of carboxylic acids is 1. The van der Waals surface area contributed by atoms with Crippen molar-refractivity contribution in [3.05, 3.63) is 33.7 Å². The van der Waals surface area contributed by atoms with E-state index in [1.165, 1.54) is 6.92 Å². The molecule has 0 radical (unpaired) electrons. The molecule has 0 aliphatic heterocycles. The van der Waals surface area contributed by atoms with Crippen molar-refractivity contribution in [2.45, 2.75) is 58.3 Å². The molecule has 2 atom stereocenters. The number of carbonyl (C=O) groups is 2. The second-order valence-electron chi connectivity index (χ2n) is 8.16. The van der Waals surface area contributed by atoms with Gasteiger partial charge in [0.05, 0.1) is 12.0 Å². The lowest BCUT2D eigenvalue weighted by Crippen LogP contribution is -2.42. The molecule has 2 N–H and O–H groups in total. The van der Waals surface area contributed by atoms with Crippen LogP contribution in [0.4, 0.5) is 13.2 Å². The molecule has 1 aromatic heterocycles. The smallest absolute Gasteiger partial charge is 0.416 e. The van der Waals surface area contributed by atoms with E-state index in [9.17, 15) is 27.6 Å². The minimum Gasteiger partial charge on any atom is -0.481 e. The van der Waals surface area contributed by atoms with Gasteiger partial charge in [-0.05, 0) is 45.3 Å². The summed E-state index contributed by atoms with van der Waals surface area (Å²) in [4.78, 5) is 37.9. The summed E-state index contributed by atoms with van der Waals surface area (Å²) in [5.74, 6) is -1.73.